The molecule has 2 rings (SSSR count). The second-order valence-corrected chi connectivity index (χ2v) is 8.49. The van der Waals surface area contributed by atoms with E-state index < -0.39 is 48.1 Å². The molecular formula is C21H35N7O6. The number of carboxylic acids is 1. The Morgan fingerprint density at radius 3 is 2.62 bits per heavy atom. The number of amides is 3. The number of aliphatic carboxylic acids is 1. The van der Waals surface area contributed by atoms with Crippen molar-refractivity contribution in [2.24, 2.45) is 11.5 Å². The topological polar surface area (TPSA) is 217 Å². The van der Waals surface area contributed by atoms with Gasteiger partial charge in [-0.05, 0) is 39.2 Å². The van der Waals surface area contributed by atoms with Crippen molar-refractivity contribution in [3.8, 4) is 0 Å². The van der Waals surface area contributed by atoms with Crippen LogP contribution in [0.3, 0.4) is 0 Å². The zero-order chi connectivity index (χ0) is 25.3. The minimum Gasteiger partial charge on any atom is -0.480 e. The maximum absolute atomic E-state index is 13.1. The number of hydrogen-bond donors (Lipinski definition) is 7. The van der Waals surface area contributed by atoms with E-state index >= 15 is 0 Å². The van der Waals surface area contributed by atoms with Crippen LogP contribution in [0.4, 0.5) is 0 Å². The quantitative estimate of drug-likeness (QED) is 0.152. The Bertz CT molecular complexity index is 832. The molecule has 0 spiro atoms. The molecule has 190 valence electrons. The number of H-pyrrole nitrogens is 1. The maximum Gasteiger partial charge on any atom is 0.328 e. The molecule has 34 heavy (non-hydrogen) atoms. The van der Waals surface area contributed by atoms with Gasteiger partial charge in [0.1, 0.15) is 12.1 Å². The van der Waals surface area contributed by atoms with Gasteiger partial charge >= 0.3 is 5.97 Å². The smallest absolute Gasteiger partial charge is 0.328 e. The SMILES string of the molecule is CC(O)C(NC(=O)C(Cc1cnc[nH]1)NC(=O)C1CCCN1C(=O)C(N)CCCCN)C(=O)O. The van der Waals surface area contributed by atoms with Gasteiger partial charge in [-0.3, -0.25) is 14.4 Å². The van der Waals surface area contributed by atoms with Crippen LogP contribution in [0, 0.1) is 0 Å². The first-order chi connectivity index (χ1) is 16.1. The first-order valence-corrected chi connectivity index (χ1v) is 11.4. The Hall–Kier alpha value is -3.03. The Labute approximate surface area is 197 Å². The fourth-order valence-electron chi connectivity index (χ4n) is 3.88. The number of likely N-dealkylation sites (tertiary alicyclic amines) is 1. The van der Waals surface area contributed by atoms with Crippen LogP contribution in [0.2, 0.25) is 0 Å². The van der Waals surface area contributed by atoms with E-state index in [0.717, 1.165) is 6.42 Å². The monoisotopic (exact) mass is 481 g/mol. The summed E-state index contributed by atoms with van der Waals surface area (Å²) in [6.45, 7) is 2.12. The summed E-state index contributed by atoms with van der Waals surface area (Å²) in [4.78, 5) is 58.3. The van der Waals surface area contributed by atoms with Crippen molar-refractivity contribution in [2.75, 3.05) is 13.1 Å². The van der Waals surface area contributed by atoms with Crippen LogP contribution >= 0.6 is 0 Å². The summed E-state index contributed by atoms with van der Waals surface area (Å²) in [6, 6.07) is -4.25. The Morgan fingerprint density at radius 2 is 2.03 bits per heavy atom. The molecule has 2 heterocycles. The number of carboxylic acid groups (broad SMARTS) is 1. The third kappa shape index (κ3) is 7.50. The van der Waals surface area contributed by atoms with Crippen molar-refractivity contribution >= 4 is 23.7 Å². The summed E-state index contributed by atoms with van der Waals surface area (Å²) >= 11 is 0. The van der Waals surface area contributed by atoms with Crippen LogP contribution in [0.25, 0.3) is 0 Å². The normalized spacial score (nSPS) is 19.2. The third-order valence-corrected chi connectivity index (χ3v) is 5.78. The number of aromatic nitrogens is 2. The average Bonchev–Trinajstić information content (AvgIpc) is 3.48. The summed E-state index contributed by atoms with van der Waals surface area (Å²) < 4.78 is 0. The number of nitrogens with one attached hydrogen (secondary N) is 3. The lowest BCUT2D eigenvalue weighted by Crippen LogP contribution is -2.58. The van der Waals surface area contributed by atoms with Crippen LogP contribution < -0.4 is 22.1 Å². The van der Waals surface area contributed by atoms with Gasteiger partial charge in [-0.25, -0.2) is 9.78 Å². The summed E-state index contributed by atoms with van der Waals surface area (Å²) in [6.07, 6.45) is 4.47. The van der Waals surface area contributed by atoms with Gasteiger partial charge in [0.25, 0.3) is 0 Å². The van der Waals surface area contributed by atoms with Gasteiger partial charge in [-0.15, -0.1) is 0 Å². The molecule has 5 unspecified atom stereocenters. The number of aromatic amines is 1. The van der Waals surface area contributed by atoms with Crippen LogP contribution in [-0.4, -0.2) is 92.1 Å². The maximum atomic E-state index is 13.1. The molecule has 1 saturated heterocycles. The van der Waals surface area contributed by atoms with E-state index in [1.165, 1.54) is 24.3 Å². The van der Waals surface area contributed by atoms with E-state index in [-0.39, 0.29) is 12.3 Å². The number of carbonyl (C=O) groups excluding carboxylic acids is 3. The van der Waals surface area contributed by atoms with Crippen LogP contribution in [0.5, 0.6) is 0 Å². The highest BCUT2D eigenvalue weighted by atomic mass is 16.4. The molecule has 1 aliphatic heterocycles. The number of imidazole rings is 1. The lowest BCUT2D eigenvalue weighted by Gasteiger charge is -2.28. The van der Waals surface area contributed by atoms with E-state index in [0.29, 0.717) is 44.5 Å². The predicted molar refractivity (Wildman–Crippen MR) is 121 cm³/mol. The van der Waals surface area contributed by atoms with Gasteiger partial charge in [0.2, 0.25) is 17.7 Å². The molecular weight excluding hydrogens is 446 g/mol. The molecule has 1 aliphatic rings. The van der Waals surface area contributed by atoms with Gasteiger partial charge in [0, 0.05) is 24.9 Å². The molecule has 3 amide bonds. The fraction of sp³-hybridized carbons (Fsp3) is 0.667. The standard InChI is InChI=1S/C21H35N7O6/c1-12(29)17(21(33)34)27-18(30)15(9-13-10-24-11-25-13)26-19(31)16-6-4-8-28(16)20(32)14(23)5-2-3-7-22/h10-12,14-17,29H,2-9,22-23H2,1H3,(H,24,25)(H,26,31)(H,27,30)(H,33,34). The van der Waals surface area contributed by atoms with Gasteiger partial charge in [-0.1, -0.05) is 6.42 Å². The first kappa shape index (κ1) is 27.2. The average molecular weight is 482 g/mol. The summed E-state index contributed by atoms with van der Waals surface area (Å²) in [5, 5.41) is 23.8. The zero-order valence-corrected chi connectivity index (χ0v) is 19.3. The van der Waals surface area contributed by atoms with Crippen molar-refractivity contribution in [3.63, 3.8) is 0 Å². The molecule has 0 bridgehead atoms. The molecule has 0 aliphatic carbocycles. The highest BCUT2D eigenvalue weighted by Gasteiger charge is 2.38. The van der Waals surface area contributed by atoms with Crippen LogP contribution in [-0.2, 0) is 25.6 Å². The Balaban J connectivity index is 2.11. The summed E-state index contributed by atoms with van der Waals surface area (Å²) in [5.74, 6) is -3.07. The van der Waals surface area contributed by atoms with Gasteiger partial charge in [0.15, 0.2) is 6.04 Å². The molecule has 1 fully saturated rings. The fourth-order valence-corrected chi connectivity index (χ4v) is 3.88. The van der Waals surface area contributed by atoms with E-state index in [4.69, 9.17) is 11.5 Å². The molecule has 13 nitrogen and oxygen atoms in total. The highest BCUT2D eigenvalue weighted by Crippen LogP contribution is 2.20. The lowest BCUT2D eigenvalue weighted by molar-refractivity contribution is -0.145. The van der Waals surface area contributed by atoms with Crippen molar-refractivity contribution < 1.29 is 29.4 Å². The lowest BCUT2D eigenvalue weighted by atomic mass is 10.1. The number of carbonyl (C=O) groups is 4. The van der Waals surface area contributed by atoms with Crippen LogP contribution in [0.1, 0.15) is 44.7 Å². The zero-order valence-electron chi connectivity index (χ0n) is 19.3. The second-order valence-electron chi connectivity index (χ2n) is 8.49. The number of nitrogens with two attached hydrogens (primary N) is 2. The largest absolute Gasteiger partial charge is 0.480 e. The molecule has 1 aromatic rings. The first-order valence-electron chi connectivity index (χ1n) is 11.4. The van der Waals surface area contributed by atoms with Crippen molar-refractivity contribution in [1.82, 2.24) is 25.5 Å². The van der Waals surface area contributed by atoms with E-state index in [1.807, 2.05) is 0 Å². The molecule has 9 N–H and O–H groups in total. The van der Waals surface area contributed by atoms with Crippen molar-refractivity contribution in [3.05, 3.63) is 18.2 Å². The van der Waals surface area contributed by atoms with Gasteiger partial charge < -0.3 is 42.2 Å². The van der Waals surface area contributed by atoms with Crippen LogP contribution in [0.15, 0.2) is 12.5 Å². The molecule has 13 heteroatoms. The number of aliphatic hydroxyl groups is 1. The number of hydrogen-bond acceptors (Lipinski definition) is 8. The highest BCUT2D eigenvalue weighted by molar-refractivity contribution is 5.94. The molecule has 1 aromatic heterocycles. The Morgan fingerprint density at radius 1 is 1.29 bits per heavy atom. The van der Waals surface area contributed by atoms with Gasteiger partial charge in [-0.2, -0.15) is 0 Å². The van der Waals surface area contributed by atoms with E-state index in [9.17, 15) is 29.4 Å². The third-order valence-electron chi connectivity index (χ3n) is 5.78. The van der Waals surface area contributed by atoms with Crippen molar-refractivity contribution in [2.45, 2.75) is 75.7 Å². The summed E-state index contributed by atoms with van der Waals surface area (Å²) in [7, 11) is 0. The number of unbranched alkanes of at least 4 members (excludes halogenated alkanes) is 1. The number of aliphatic hydroxyl groups excluding tert-OH is 1. The minimum atomic E-state index is -1.55. The van der Waals surface area contributed by atoms with Gasteiger partial charge in [0.05, 0.1) is 18.5 Å². The second kappa shape index (κ2) is 13.0. The summed E-state index contributed by atoms with van der Waals surface area (Å²) in [5.41, 5.74) is 12.0. The van der Waals surface area contributed by atoms with Crippen molar-refractivity contribution in [1.29, 1.82) is 0 Å². The minimum absolute atomic E-state index is 0.00297. The molecule has 0 radical (unpaired) electrons. The Kier molecular flexibility index (Phi) is 10.4. The predicted octanol–water partition coefficient (Wildman–Crippen LogP) is -2.17. The number of rotatable bonds is 13. The molecule has 5 atom stereocenters. The molecule has 0 aromatic carbocycles. The van der Waals surface area contributed by atoms with E-state index in [1.54, 1.807) is 0 Å². The number of nitrogens with zero attached hydrogens (tertiary/aromatic N) is 2. The molecule has 0 saturated carbocycles. The van der Waals surface area contributed by atoms with E-state index in [2.05, 4.69) is 20.6 Å².